The molecule has 0 nitrogen and oxygen atoms in total. The van der Waals surface area contributed by atoms with Crippen LogP contribution in [-0.2, 0) is 0 Å². The van der Waals surface area contributed by atoms with Gasteiger partial charge in [0, 0.05) is 0 Å². The molecule has 5 fully saturated rings. The first-order valence-electron chi connectivity index (χ1n) is 16.8. The van der Waals surface area contributed by atoms with Gasteiger partial charge in [-0.3, -0.25) is 0 Å². The highest BCUT2D eigenvalue weighted by Crippen LogP contribution is 2.55. The number of rotatable bonds is 3. The van der Waals surface area contributed by atoms with Crippen molar-refractivity contribution in [1.29, 1.82) is 0 Å². The zero-order valence-corrected chi connectivity index (χ0v) is 24.6. The Balaban J connectivity index is 1.29. The van der Waals surface area contributed by atoms with Gasteiger partial charge in [0.15, 0.2) is 0 Å². The fraction of sp³-hybridized carbons (Fsp3) is 1.00. The molecule has 0 bridgehead atoms. The summed E-state index contributed by atoms with van der Waals surface area (Å²) in [6.45, 7) is 12.9. The fourth-order valence-electron chi connectivity index (χ4n) is 11.2. The molecule has 5 saturated carbocycles. The summed E-state index contributed by atoms with van der Waals surface area (Å²) >= 11 is 0. The van der Waals surface area contributed by atoms with Gasteiger partial charge in [0.2, 0.25) is 0 Å². The van der Waals surface area contributed by atoms with Gasteiger partial charge in [-0.15, -0.1) is 0 Å². The highest BCUT2D eigenvalue weighted by molar-refractivity contribution is 4.95. The second kappa shape index (κ2) is 11.4. The van der Waals surface area contributed by atoms with Crippen LogP contribution < -0.4 is 0 Å². The average molecular weight is 483 g/mol. The lowest BCUT2D eigenvalue weighted by molar-refractivity contribution is 0.0184. The van der Waals surface area contributed by atoms with Crippen LogP contribution in [0, 0.1) is 70.5 Å². The van der Waals surface area contributed by atoms with Crippen LogP contribution in [0.1, 0.15) is 150 Å². The molecule has 0 aliphatic heterocycles. The first-order chi connectivity index (χ1) is 16.8. The Hall–Kier alpha value is 0. The van der Waals surface area contributed by atoms with Crippen molar-refractivity contribution in [3.05, 3.63) is 0 Å². The molecule has 0 N–H and O–H groups in total. The van der Waals surface area contributed by atoms with Gasteiger partial charge >= 0.3 is 0 Å². The molecule has 0 spiro atoms. The molecule has 0 heterocycles. The van der Waals surface area contributed by atoms with Gasteiger partial charge in [-0.05, 0) is 148 Å². The van der Waals surface area contributed by atoms with E-state index in [1.165, 1.54) is 44.9 Å². The van der Waals surface area contributed by atoms with Gasteiger partial charge in [-0.25, -0.2) is 0 Å². The van der Waals surface area contributed by atoms with E-state index in [1.54, 1.807) is 70.6 Å². The van der Waals surface area contributed by atoms with Gasteiger partial charge in [0.25, 0.3) is 0 Å². The molecule has 0 aromatic rings. The van der Waals surface area contributed by atoms with E-state index < -0.39 is 0 Å². The average Bonchev–Trinajstić information content (AvgIpc) is 3.33. The molecule has 0 heteroatoms. The largest absolute Gasteiger partial charge is 0.0651 e. The van der Waals surface area contributed by atoms with Gasteiger partial charge in [0.1, 0.15) is 0 Å². The van der Waals surface area contributed by atoms with Crippen LogP contribution in [0.15, 0.2) is 0 Å². The van der Waals surface area contributed by atoms with Crippen molar-refractivity contribution in [2.24, 2.45) is 70.5 Å². The predicted octanol–water partition coefficient (Wildman–Crippen LogP) is 10.9. The summed E-state index contributed by atoms with van der Waals surface area (Å²) in [5, 5.41) is 0. The minimum atomic E-state index is 0.578. The molecule has 0 radical (unpaired) electrons. The van der Waals surface area contributed by atoms with Crippen molar-refractivity contribution in [2.75, 3.05) is 0 Å². The van der Waals surface area contributed by atoms with Crippen molar-refractivity contribution < 1.29 is 0 Å². The lowest BCUT2D eigenvalue weighted by Gasteiger charge is -2.48. The summed E-state index contributed by atoms with van der Waals surface area (Å²) in [5.41, 5.74) is 0.578. The van der Waals surface area contributed by atoms with E-state index in [-0.39, 0.29) is 0 Å². The summed E-state index contributed by atoms with van der Waals surface area (Å²) in [6.07, 6.45) is 27.9. The number of hydrogen-bond acceptors (Lipinski definition) is 0. The highest BCUT2D eigenvalue weighted by Gasteiger charge is 2.45. The molecule has 0 amide bonds. The Morgan fingerprint density at radius 2 is 1.14 bits per heavy atom. The van der Waals surface area contributed by atoms with Crippen molar-refractivity contribution in [2.45, 2.75) is 150 Å². The SMILES string of the molecule is CCC1CC(C)CC(C2CCC(C3CCCC(C)(C)CCC4C(CCC5CCCCC54)C3)C2)C1C. The van der Waals surface area contributed by atoms with Crippen LogP contribution >= 0.6 is 0 Å². The Labute approximate surface area is 220 Å². The maximum absolute atomic E-state index is 2.65. The van der Waals surface area contributed by atoms with E-state index >= 15 is 0 Å². The Morgan fingerprint density at radius 3 is 1.91 bits per heavy atom. The Bertz CT molecular complexity index is 661. The van der Waals surface area contributed by atoms with E-state index in [9.17, 15) is 0 Å². The third kappa shape index (κ3) is 6.03. The van der Waals surface area contributed by atoms with E-state index in [4.69, 9.17) is 0 Å². The molecule has 0 aromatic heterocycles. The topological polar surface area (TPSA) is 0 Å². The van der Waals surface area contributed by atoms with Gasteiger partial charge in [-0.2, -0.15) is 0 Å². The van der Waals surface area contributed by atoms with E-state index in [0.29, 0.717) is 5.41 Å². The molecule has 11 atom stereocenters. The summed E-state index contributed by atoms with van der Waals surface area (Å²) in [6, 6.07) is 0. The van der Waals surface area contributed by atoms with Crippen molar-refractivity contribution in [3.8, 4) is 0 Å². The lowest BCUT2D eigenvalue weighted by Crippen LogP contribution is -2.39. The number of fused-ring (bicyclic) bond motifs is 3. The maximum Gasteiger partial charge on any atom is -0.0354 e. The smallest absolute Gasteiger partial charge is 0.0354 e. The predicted molar refractivity (Wildman–Crippen MR) is 152 cm³/mol. The molecule has 5 rings (SSSR count). The second-order valence-corrected chi connectivity index (χ2v) is 15.9. The minimum Gasteiger partial charge on any atom is -0.0651 e. The summed E-state index contributed by atoms with van der Waals surface area (Å²) in [5.74, 6) is 11.5. The van der Waals surface area contributed by atoms with Crippen LogP contribution in [0.5, 0.6) is 0 Å². The highest BCUT2D eigenvalue weighted by atomic mass is 14.5. The third-order valence-electron chi connectivity index (χ3n) is 13.3. The summed E-state index contributed by atoms with van der Waals surface area (Å²) in [4.78, 5) is 0. The molecule has 0 saturated heterocycles. The number of hydrogen-bond donors (Lipinski definition) is 0. The Kier molecular flexibility index (Phi) is 8.66. The Morgan fingerprint density at radius 1 is 0.543 bits per heavy atom. The molecular weight excluding hydrogens is 420 g/mol. The van der Waals surface area contributed by atoms with Crippen molar-refractivity contribution in [1.82, 2.24) is 0 Å². The fourth-order valence-corrected chi connectivity index (χ4v) is 11.2. The molecule has 5 aliphatic rings. The van der Waals surface area contributed by atoms with Crippen LogP contribution in [0.3, 0.4) is 0 Å². The maximum atomic E-state index is 2.65. The molecular formula is C35H62. The van der Waals surface area contributed by atoms with Gasteiger partial charge in [-0.1, -0.05) is 73.1 Å². The first-order valence-corrected chi connectivity index (χ1v) is 16.8. The zero-order valence-electron chi connectivity index (χ0n) is 24.6. The van der Waals surface area contributed by atoms with Crippen molar-refractivity contribution in [3.63, 3.8) is 0 Å². The summed E-state index contributed by atoms with van der Waals surface area (Å²) in [7, 11) is 0. The molecule has 5 aliphatic carbocycles. The third-order valence-corrected chi connectivity index (χ3v) is 13.3. The lowest BCUT2D eigenvalue weighted by atomic mass is 9.57. The van der Waals surface area contributed by atoms with E-state index in [2.05, 4.69) is 34.6 Å². The quantitative estimate of drug-likeness (QED) is 0.375. The zero-order chi connectivity index (χ0) is 24.6. The molecule has 11 unspecified atom stereocenters. The van der Waals surface area contributed by atoms with Crippen LogP contribution in [0.4, 0.5) is 0 Å². The van der Waals surface area contributed by atoms with Gasteiger partial charge < -0.3 is 0 Å². The van der Waals surface area contributed by atoms with E-state index in [0.717, 1.165) is 65.1 Å². The standard InChI is InChI=1S/C35H62/c1-6-26-20-24(2)21-34(25(26)3)31-16-14-29(23-31)28-11-9-18-35(4,5)19-17-33-30(22-28)15-13-27-10-7-8-12-32(27)33/h24-34H,6-23H2,1-5H3. The van der Waals surface area contributed by atoms with E-state index in [1.807, 2.05) is 0 Å². The second-order valence-electron chi connectivity index (χ2n) is 15.9. The summed E-state index contributed by atoms with van der Waals surface area (Å²) < 4.78 is 0. The first kappa shape index (κ1) is 26.6. The normalized spacial score (nSPS) is 49.1. The van der Waals surface area contributed by atoms with Crippen LogP contribution in [-0.4, -0.2) is 0 Å². The molecule has 202 valence electrons. The minimum absolute atomic E-state index is 0.578. The monoisotopic (exact) mass is 482 g/mol. The molecule has 0 aromatic carbocycles. The van der Waals surface area contributed by atoms with Crippen LogP contribution in [0.2, 0.25) is 0 Å². The van der Waals surface area contributed by atoms with Crippen molar-refractivity contribution >= 4 is 0 Å². The van der Waals surface area contributed by atoms with Gasteiger partial charge in [0.05, 0.1) is 0 Å². The van der Waals surface area contributed by atoms with Crippen LogP contribution in [0.25, 0.3) is 0 Å². The molecule has 35 heavy (non-hydrogen) atoms.